The van der Waals surface area contributed by atoms with E-state index in [1.807, 2.05) is 0 Å². The predicted molar refractivity (Wildman–Crippen MR) is 79.3 cm³/mol. The van der Waals surface area contributed by atoms with E-state index in [4.69, 9.17) is 38.4 Å². The van der Waals surface area contributed by atoms with Gasteiger partial charge in [0.2, 0.25) is 5.88 Å². The van der Waals surface area contributed by atoms with Crippen molar-refractivity contribution in [2.75, 3.05) is 25.3 Å². The molecule has 2 rings (SSSR count). The van der Waals surface area contributed by atoms with Crippen molar-refractivity contribution in [2.24, 2.45) is 0 Å². The number of nitrogen functional groups attached to an aromatic ring is 1. The van der Waals surface area contributed by atoms with Crippen molar-refractivity contribution in [3.63, 3.8) is 0 Å². The molecule has 3 N–H and O–H groups in total. The highest BCUT2D eigenvalue weighted by molar-refractivity contribution is 6.45. The number of nitrogens with two attached hydrogens (primary N) is 1. The highest BCUT2D eigenvalue weighted by atomic mass is 35.5. The molecule has 0 saturated heterocycles. The fourth-order valence-corrected chi connectivity index (χ4v) is 1.85. The van der Waals surface area contributed by atoms with Gasteiger partial charge in [-0.25, -0.2) is 0 Å². The van der Waals surface area contributed by atoms with Gasteiger partial charge in [0.25, 0.3) is 0 Å². The van der Waals surface area contributed by atoms with Gasteiger partial charge in [-0.2, -0.15) is 9.97 Å². The van der Waals surface area contributed by atoms with Gasteiger partial charge in [-0.05, 0) is 12.1 Å². The molecule has 0 unspecified atom stereocenters. The maximum atomic E-state index is 6.12. The van der Waals surface area contributed by atoms with Crippen LogP contribution in [0.4, 0.5) is 17.2 Å². The van der Waals surface area contributed by atoms with Crippen LogP contribution in [0.25, 0.3) is 0 Å². The Hall–Kier alpha value is -1.92. The minimum absolute atomic E-state index is 0.171. The van der Waals surface area contributed by atoms with Gasteiger partial charge in [0.15, 0.2) is 0 Å². The largest absolute Gasteiger partial charge is 0.481 e. The van der Waals surface area contributed by atoms with Crippen LogP contribution in [0.15, 0.2) is 18.2 Å². The van der Waals surface area contributed by atoms with Gasteiger partial charge in [0.05, 0.1) is 35.6 Å². The molecule has 0 aliphatic rings. The first-order valence-electron chi connectivity index (χ1n) is 5.52. The minimum atomic E-state index is 0.171. The van der Waals surface area contributed by atoms with Crippen LogP contribution >= 0.6 is 23.2 Å². The fourth-order valence-electron chi connectivity index (χ4n) is 1.46. The number of methoxy groups -OCH3 is 2. The molecule has 0 amide bonds. The molecule has 0 fully saturated rings. The molecule has 0 aliphatic heterocycles. The van der Waals surface area contributed by atoms with Gasteiger partial charge in [-0.15, -0.1) is 0 Å². The van der Waals surface area contributed by atoms with Gasteiger partial charge in [0, 0.05) is 6.07 Å². The number of benzene rings is 1. The molecule has 0 spiro atoms. The van der Waals surface area contributed by atoms with E-state index < -0.39 is 0 Å². The van der Waals surface area contributed by atoms with E-state index in [0.717, 1.165) is 0 Å². The van der Waals surface area contributed by atoms with Gasteiger partial charge >= 0.3 is 6.01 Å². The third-order valence-corrected chi connectivity index (χ3v) is 3.35. The predicted octanol–water partition coefficient (Wildman–Crippen LogP) is 3.13. The van der Waals surface area contributed by atoms with Gasteiger partial charge < -0.3 is 20.5 Å². The van der Waals surface area contributed by atoms with Crippen molar-refractivity contribution in [3.05, 3.63) is 28.2 Å². The molecule has 1 heterocycles. The fraction of sp³-hybridized carbons (Fsp3) is 0.167. The van der Waals surface area contributed by atoms with E-state index in [9.17, 15) is 0 Å². The molecule has 1 aromatic carbocycles. The number of aromatic nitrogens is 2. The zero-order chi connectivity index (χ0) is 14.7. The lowest BCUT2D eigenvalue weighted by atomic mass is 10.3. The molecule has 0 aliphatic carbocycles. The van der Waals surface area contributed by atoms with Gasteiger partial charge in [-0.3, -0.25) is 0 Å². The Labute approximate surface area is 125 Å². The maximum Gasteiger partial charge on any atom is 0.321 e. The number of hydrogen-bond acceptors (Lipinski definition) is 6. The van der Waals surface area contributed by atoms with Crippen LogP contribution in [0.1, 0.15) is 0 Å². The Morgan fingerprint density at radius 1 is 1.10 bits per heavy atom. The number of hydrogen-bond donors (Lipinski definition) is 2. The Morgan fingerprint density at radius 2 is 1.85 bits per heavy atom. The standard InChI is InChI=1S/C12H12Cl2N4O2/c1-19-9-5-8(17-12(18-9)20-2)16-7-4-3-6(15)10(13)11(7)14/h3-5H,15H2,1-2H3,(H,16,17,18). The molecule has 1 aromatic heterocycles. The average molecular weight is 315 g/mol. The number of ether oxygens (including phenoxy) is 2. The van der Waals surface area contributed by atoms with Crippen LogP contribution in [0, 0.1) is 0 Å². The lowest BCUT2D eigenvalue weighted by Crippen LogP contribution is -2.01. The number of nitrogens with zero attached hydrogens (tertiary/aromatic N) is 2. The van der Waals surface area contributed by atoms with Gasteiger partial charge in [0.1, 0.15) is 5.82 Å². The summed E-state index contributed by atoms with van der Waals surface area (Å²) in [6, 6.07) is 5.12. The number of rotatable bonds is 4. The van der Waals surface area contributed by atoms with Crippen molar-refractivity contribution in [1.29, 1.82) is 0 Å². The summed E-state index contributed by atoms with van der Waals surface area (Å²) in [5.74, 6) is 0.813. The van der Waals surface area contributed by atoms with Crippen LogP contribution in [-0.4, -0.2) is 24.2 Å². The Balaban J connectivity index is 2.37. The Bertz CT molecular complexity index is 615. The summed E-state index contributed by atoms with van der Waals surface area (Å²) in [5, 5.41) is 3.60. The van der Waals surface area contributed by atoms with E-state index in [1.165, 1.54) is 14.2 Å². The third kappa shape index (κ3) is 2.97. The number of anilines is 3. The molecule has 2 aromatic rings. The van der Waals surface area contributed by atoms with Crippen molar-refractivity contribution in [2.45, 2.75) is 0 Å². The summed E-state index contributed by atoms with van der Waals surface area (Å²) in [5.41, 5.74) is 6.63. The van der Waals surface area contributed by atoms with Crippen LogP contribution in [0.3, 0.4) is 0 Å². The van der Waals surface area contributed by atoms with Gasteiger partial charge in [-0.1, -0.05) is 23.2 Å². The topological polar surface area (TPSA) is 82.3 Å². The molecule has 0 bridgehead atoms. The highest BCUT2D eigenvalue weighted by Crippen LogP contribution is 2.36. The molecular formula is C12H12Cl2N4O2. The van der Waals surface area contributed by atoms with Crippen molar-refractivity contribution >= 4 is 40.4 Å². The van der Waals surface area contributed by atoms with Crippen LogP contribution in [-0.2, 0) is 0 Å². The first-order valence-corrected chi connectivity index (χ1v) is 6.28. The van der Waals surface area contributed by atoms with E-state index in [2.05, 4.69) is 15.3 Å². The first-order chi connectivity index (χ1) is 9.55. The lowest BCUT2D eigenvalue weighted by molar-refractivity contribution is 0.353. The molecule has 6 nitrogen and oxygen atoms in total. The minimum Gasteiger partial charge on any atom is -0.481 e. The molecule has 8 heteroatoms. The Kier molecular flexibility index (Phi) is 4.36. The monoisotopic (exact) mass is 314 g/mol. The van der Waals surface area contributed by atoms with Crippen LogP contribution in [0.5, 0.6) is 11.9 Å². The Morgan fingerprint density at radius 3 is 2.50 bits per heavy atom. The number of halogens is 2. The quantitative estimate of drug-likeness (QED) is 0.844. The second kappa shape index (κ2) is 6.02. The lowest BCUT2D eigenvalue weighted by Gasteiger charge is -2.11. The van der Waals surface area contributed by atoms with E-state index in [-0.39, 0.29) is 11.0 Å². The van der Waals surface area contributed by atoms with Crippen molar-refractivity contribution in [1.82, 2.24) is 9.97 Å². The molecule has 0 saturated carbocycles. The zero-order valence-electron chi connectivity index (χ0n) is 10.8. The summed E-state index contributed by atoms with van der Waals surface area (Å²) in [6.45, 7) is 0. The summed E-state index contributed by atoms with van der Waals surface area (Å²) >= 11 is 12.1. The summed E-state index contributed by atoms with van der Waals surface area (Å²) in [6.07, 6.45) is 0. The molecule has 0 atom stereocenters. The molecule has 106 valence electrons. The summed E-state index contributed by atoms with van der Waals surface area (Å²) in [4.78, 5) is 8.12. The summed E-state index contributed by atoms with van der Waals surface area (Å²) in [7, 11) is 2.96. The number of nitrogens with one attached hydrogen (secondary N) is 1. The molecule has 20 heavy (non-hydrogen) atoms. The van der Waals surface area contributed by atoms with Crippen LogP contribution in [0.2, 0.25) is 10.0 Å². The van der Waals surface area contributed by atoms with Crippen LogP contribution < -0.4 is 20.5 Å². The zero-order valence-corrected chi connectivity index (χ0v) is 12.3. The normalized spacial score (nSPS) is 10.2. The summed E-state index contributed by atoms with van der Waals surface area (Å²) < 4.78 is 10.0. The maximum absolute atomic E-state index is 6.12. The first kappa shape index (κ1) is 14.5. The highest BCUT2D eigenvalue weighted by Gasteiger charge is 2.11. The smallest absolute Gasteiger partial charge is 0.321 e. The van der Waals surface area contributed by atoms with E-state index in [0.29, 0.717) is 28.1 Å². The van der Waals surface area contributed by atoms with Crippen molar-refractivity contribution in [3.8, 4) is 11.9 Å². The second-order valence-corrected chi connectivity index (χ2v) is 4.49. The molecule has 0 radical (unpaired) electrons. The third-order valence-electron chi connectivity index (χ3n) is 2.45. The molecular weight excluding hydrogens is 303 g/mol. The van der Waals surface area contributed by atoms with Crippen molar-refractivity contribution < 1.29 is 9.47 Å². The second-order valence-electron chi connectivity index (χ2n) is 3.74. The SMILES string of the molecule is COc1cc(Nc2ccc(N)c(Cl)c2Cl)nc(OC)n1. The average Bonchev–Trinajstić information content (AvgIpc) is 2.47. The van der Waals surface area contributed by atoms with E-state index in [1.54, 1.807) is 18.2 Å². The van der Waals surface area contributed by atoms with E-state index >= 15 is 0 Å².